The molecule has 0 radical (unpaired) electrons. The van der Waals surface area contributed by atoms with Crippen molar-refractivity contribution in [3.63, 3.8) is 0 Å². The smallest absolute Gasteiger partial charge is 0.276 e. The highest BCUT2D eigenvalue weighted by molar-refractivity contribution is 5.98. The van der Waals surface area contributed by atoms with Gasteiger partial charge in [-0.25, -0.2) is 0 Å². The van der Waals surface area contributed by atoms with Crippen LogP contribution in [0.5, 0.6) is 0 Å². The molecule has 4 N–H and O–H groups in total. The zero-order valence-corrected chi connectivity index (χ0v) is 12.4. The number of piperazine rings is 1. The summed E-state index contributed by atoms with van der Waals surface area (Å²) in [5.74, 6) is -1.51. The lowest BCUT2D eigenvalue weighted by molar-refractivity contribution is -0.267. The molecule has 2 aromatic rings. The summed E-state index contributed by atoms with van der Waals surface area (Å²) in [7, 11) is 1.19. The van der Waals surface area contributed by atoms with Gasteiger partial charge in [-0.05, 0) is 11.6 Å². The largest absolute Gasteiger partial charge is 0.394 e. The van der Waals surface area contributed by atoms with E-state index in [2.05, 4.69) is 10.3 Å². The molecule has 1 aliphatic rings. The third-order valence-corrected chi connectivity index (χ3v) is 3.98. The molecule has 2 amide bonds. The summed E-state index contributed by atoms with van der Waals surface area (Å²) >= 11 is 0. The lowest BCUT2D eigenvalue weighted by atomic mass is 9.97. The van der Waals surface area contributed by atoms with Gasteiger partial charge in [0.15, 0.2) is 0 Å². The monoisotopic (exact) mass is 319 g/mol. The van der Waals surface area contributed by atoms with E-state index in [4.69, 9.17) is 9.94 Å². The molecule has 1 aliphatic heterocycles. The summed E-state index contributed by atoms with van der Waals surface area (Å²) in [6, 6.07) is 6.28. The number of H-pyrrole nitrogens is 1. The zero-order chi connectivity index (χ0) is 16.6. The van der Waals surface area contributed by atoms with E-state index in [-0.39, 0.29) is 6.42 Å². The van der Waals surface area contributed by atoms with Gasteiger partial charge in [0.25, 0.3) is 11.8 Å². The number of amides is 2. The second kappa shape index (κ2) is 5.65. The van der Waals surface area contributed by atoms with Gasteiger partial charge in [0.2, 0.25) is 5.72 Å². The molecule has 8 heteroatoms. The first kappa shape index (κ1) is 15.5. The van der Waals surface area contributed by atoms with Gasteiger partial charge in [0.05, 0.1) is 13.7 Å². The zero-order valence-electron chi connectivity index (χ0n) is 12.4. The fourth-order valence-electron chi connectivity index (χ4n) is 2.81. The molecule has 1 fully saturated rings. The van der Waals surface area contributed by atoms with E-state index in [9.17, 15) is 14.7 Å². The van der Waals surface area contributed by atoms with Crippen molar-refractivity contribution in [2.24, 2.45) is 0 Å². The SMILES string of the molecule is CON1C(=O)[C@@H](CO)NC(=O)[C@]1(O)Cc1c[nH]c2ccccc12. The fraction of sp³-hybridized carbons (Fsp3) is 0.333. The van der Waals surface area contributed by atoms with E-state index in [1.165, 1.54) is 7.11 Å². The van der Waals surface area contributed by atoms with Crippen molar-refractivity contribution in [3.8, 4) is 0 Å². The van der Waals surface area contributed by atoms with Gasteiger partial charge < -0.3 is 20.5 Å². The molecular weight excluding hydrogens is 302 g/mol. The minimum atomic E-state index is -2.19. The van der Waals surface area contributed by atoms with Crippen LogP contribution < -0.4 is 5.32 Å². The molecule has 0 unspecified atom stereocenters. The Morgan fingerprint density at radius 3 is 2.78 bits per heavy atom. The predicted molar refractivity (Wildman–Crippen MR) is 79.8 cm³/mol. The molecule has 0 spiro atoms. The minimum Gasteiger partial charge on any atom is -0.394 e. The first-order valence-electron chi connectivity index (χ1n) is 7.08. The third-order valence-electron chi connectivity index (χ3n) is 3.98. The number of carbonyl (C=O) groups is 2. The number of para-hydroxylation sites is 1. The molecule has 1 saturated heterocycles. The van der Waals surface area contributed by atoms with E-state index < -0.39 is 30.2 Å². The van der Waals surface area contributed by atoms with Gasteiger partial charge in [0, 0.05) is 23.5 Å². The molecule has 8 nitrogen and oxygen atoms in total. The van der Waals surface area contributed by atoms with Crippen molar-refractivity contribution in [3.05, 3.63) is 36.0 Å². The molecular formula is C15H17N3O5. The Labute approximate surface area is 131 Å². The molecule has 0 bridgehead atoms. The molecule has 0 aliphatic carbocycles. The Morgan fingerprint density at radius 2 is 2.09 bits per heavy atom. The first-order valence-corrected chi connectivity index (χ1v) is 7.08. The second-order valence-corrected chi connectivity index (χ2v) is 5.38. The van der Waals surface area contributed by atoms with Crippen molar-refractivity contribution in [1.82, 2.24) is 15.4 Å². The first-order chi connectivity index (χ1) is 11.0. The molecule has 0 saturated carbocycles. The van der Waals surface area contributed by atoms with Crippen LogP contribution in [0, 0.1) is 0 Å². The van der Waals surface area contributed by atoms with Crippen LogP contribution in [0.4, 0.5) is 0 Å². The van der Waals surface area contributed by atoms with Crippen molar-refractivity contribution in [1.29, 1.82) is 0 Å². The summed E-state index contributed by atoms with van der Waals surface area (Å²) in [6.07, 6.45) is 1.52. The number of aromatic nitrogens is 1. The summed E-state index contributed by atoms with van der Waals surface area (Å²) in [5.41, 5.74) is -0.677. The Bertz CT molecular complexity index is 758. The van der Waals surface area contributed by atoms with Crippen molar-refractivity contribution >= 4 is 22.7 Å². The van der Waals surface area contributed by atoms with Crippen LogP contribution in [-0.2, 0) is 20.8 Å². The Morgan fingerprint density at radius 1 is 1.35 bits per heavy atom. The highest BCUT2D eigenvalue weighted by atomic mass is 16.7. The molecule has 3 rings (SSSR count). The number of aromatic amines is 1. The van der Waals surface area contributed by atoms with E-state index in [1.54, 1.807) is 6.20 Å². The van der Waals surface area contributed by atoms with E-state index >= 15 is 0 Å². The van der Waals surface area contributed by atoms with Crippen molar-refractivity contribution < 1.29 is 24.6 Å². The van der Waals surface area contributed by atoms with Crippen LogP contribution in [0.15, 0.2) is 30.5 Å². The maximum absolute atomic E-state index is 12.3. The van der Waals surface area contributed by atoms with E-state index in [0.29, 0.717) is 10.6 Å². The van der Waals surface area contributed by atoms with Crippen LogP contribution in [0.2, 0.25) is 0 Å². The molecule has 23 heavy (non-hydrogen) atoms. The third kappa shape index (κ3) is 2.37. The van der Waals surface area contributed by atoms with Gasteiger partial charge in [-0.3, -0.25) is 14.4 Å². The van der Waals surface area contributed by atoms with Gasteiger partial charge in [-0.2, -0.15) is 5.06 Å². The summed E-state index contributed by atoms with van der Waals surface area (Å²) in [4.78, 5) is 32.5. The average molecular weight is 319 g/mol. The molecule has 122 valence electrons. The van der Waals surface area contributed by atoms with E-state index in [0.717, 1.165) is 10.9 Å². The Kier molecular flexibility index (Phi) is 3.80. The number of nitrogens with zero attached hydrogens (tertiary/aromatic N) is 1. The van der Waals surface area contributed by atoms with Crippen LogP contribution in [0.25, 0.3) is 10.9 Å². The number of benzene rings is 1. The summed E-state index contributed by atoms with van der Waals surface area (Å²) in [5, 5.41) is 23.7. The van der Waals surface area contributed by atoms with Gasteiger partial charge in [-0.1, -0.05) is 18.2 Å². The van der Waals surface area contributed by atoms with Crippen LogP contribution in [0.1, 0.15) is 5.56 Å². The lowest BCUT2D eigenvalue weighted by Crippen LogP contribution is -2.71. The maximum Gasteiger partial charge on any atom is 0.276 e. The van der Waals surface area contributed by atoms with Crippen molar-refractivity contribution in [2.45, 2.75) is 18.2 Å². The van der Waals surface area contributed by atoms with Gasteiger partial charge in [0.1, 0.15) is 6.04 Å². The number of rotatable bonds is 4. The number of hydroxylamine groups is 2. The maximum atomic E-state index is 12.3. The Balaban J connectivity index is 1.99. The fourth-order valence-corrected chi connectivity index (χ4v) is 2.81. The second-order valence-electron chi connectivity index (χ2n) is 5.38. The number of aliphatic hydroxyl groups excluding tert-OH is 1. The van der Waals surface area contributed by atoms with Gasteiger partial charge in [-0.15, -0.1) is 0 Å². The average Bonchev–Trinajstić information content (AvgIpc) is 2.94. The summed E-state index contributed by atoms with van der Waals surface area (Å²) < 4.78 is 0. The number of hydrogen-bond donors (Lipinski definition) is 4. The molecule has 2 heterocycles. The number of carbonyl (C=O) groups excluding carboxylic acids is 2. The quantitative estimate of drug-likeness (QED) is 0.594. The van der Waals surface area contributed by atoms with Crippen LogP contribution >= 0.6 is 0 Å². The number of aliphatic hydroxyl groups is 2. The normalized spacial score (nSPS) is 25.0. The van der Waals surface area contributed by atoms with Crippen LogP contribution in [0.3, 0.4) is 0 Å². The standard InChI is InChI=1S/C15H17N3O5/c1-23-18-13(20)12(8-19)17-14(21)15(18,22)6-9-7-16-11-5-3-2-4-10(9)11/h2-5,7,12,16,19,22H,6,8H2,1H3,(H,17,21)/t12-,15-/m1/s1. The van der Waals surface area contributed by atoms with Crippen LogP contribution in [-0.4, -0.2) is 57.6 Å². The Hall–Kier alpha value is -2.42. The number of hydrogen-bond acceptors (Lipinski definition) is 5. The molecule has 1 aromatic heterocycles. The highest BCUT2D eigenvalue weighted by Gasteiger charge is 2.53. The lowest BCUT2D eigenvalue weighted by Gasteiger charge is -2.42. The molecule has 1 aromatic carbocycles. The number of fused-ring (bicyclic) bond motifs is 1. The summed E-state index contributed by atoms with van der Waals surface area (Å²) in [6.45, 7) is -0.576. The van der Waals surface area contributed by atoms with Gasteiger partial charge >= 0.3 is 0 Å². The van der Waals surface area contributed by atoms with E-state index in [1.807, 2.05) is 24.3 Å². The topological polar surface area (TPSA) is 115 Å². The van der Waals surface area contributed by atoms with Crippen molar-refractivity contribution in [2.75, 3.05) is 13.7 Å². The predicted octanol–water partition coefficient (Wildman–Crippen LogP) is -0.720. The minimum absolute atomic E-state index is 0.152. The number of nitrogens with one attached hydrogen (secondary N) is 2. The highest BCUT2D eigenvalue weighted by Crippen LogP contribution is 2.27. The molecule has 2 atom stereocenters.